The molecule has 90 valence electrons. The molecular formula is C12H21N3O. The van der Waals surface area contributed by atoms with E-state index in [-0.39, 0.29) is 0 Å². The van der Waals surface area contributed by atoms with E-state index in [4.69, 9.17) is 10.5 Å². The van der Waals surface area contributed by atoms with Crippen LogP contribution in [0.3, 0.4) is 0 Å². The molecule has 0 aliphatic carbocycles. The SMILES string of the molecule is CCCCOCCNc1ccc(N)c(C)n1. The smallest absolute Gasteiger partial charge is 0.126 e. The third-order valence-corrected chi connectivity index (χ3v) is 2.32. The van der Waals surface area contributed by atoms with E-state index in [1.54, 1.807) is 0 Å². The minimum atomic E-state index is 0.713. The second-order valence-corrected chi connectivity index (χ2v) is 3.76. The highest BCUT2D eigenvalue weighted by Gasteiger charge is 1.97. The van der Waals surface area contributed by atoms with Crippen molar-refractivity contribution >= 4 is 11.5 Å². The van der Waals surface area contributed by atoms with Gasteiger partial charge in [0, 0.05) is 13.2 Å². The largest absolute Gasteiger partial charge is 0.397 e. The summed E-state index contributed by atoms with van der Waals surface area (Å²) in [4.78, 5) is 4.32. The lowest BCUT2D eigenvalue weighted by atomic mass is 10.3. The van der Waals surface area contributed by atoms with E-state index in [9.17, 15) is 0 Å². The van der Waals surface area contributed by atoms with Crippen molar-refractivity contribution in [3.63, 3.8) is 0 Å². The molecule has 0 spiro atoms. The summed E-state index contributed by atoms with van der Waals surface area (Å²) in [5.74, 6) is 0.853. The second-order valence-electron chi connectivity index (χ2n) is 3.76. The van der Waals surface area contributed by atoms with Crippen molar-refractivity contribution in [2.45, 2.75) is 26.7 Å². The second kappa shape index (κ2) is 7.06. The van der Waals surface area contributed by atoms with Gasteiger partial charge in [-0.2, -0.15) is 0 Å². The maximum atomic E-state index is 5.68. The third kappa shape index (κ3) is 4.49. The van der Waals surface area contributed by atoms with Crippen LogP contribution in [0.1, 0.15) is 25.5 Å². The number of anilines is 2. The molecule has 1 heterocycles. The van der Waals surface area contributed by atoms with E-state index in [1.165, 1.54) is 6.42 Å². The number of hydrogen-bond acceptors (Lipinski definition) is 4. The Kier molecular flexibility index (Phi) is 5.64. The molecule has 0 saturated heterocycles. The number of rotatable bonds is 7. The van der Waals surface area contributed by atoms with Gasteiger partial charge < -0.3 is 15.8 Å². The number of unbranched alkanes of at least 4 members (excludes halogenated alkanes) is 1. The number of nitrogens with two attached hydrogens (primary N) is 1. The summed E-state index contributed by atoms with van der Waals surface area (Å²) < 4.78 is 5.43. The van der Waals surface area contributed by atoms with Crippen LogP contribution < -0.4 is 11.1 Å². The van der Waals surface area contributed by atoms with Gasteiger partial charge in [0.2, 0.25) is 0 Å². The van der Waals surface area contributed by atoms with Crippen molar-refractivity contribution in [3.8, 4) is 0 Å². The fourth-order valence-corrected chi connectivity index (χ4v) is 1.27. The molecule has 0 aliphatic heterocycles. The van der Waals surface area contributed by atoms with Gasteiger partial charge in [-0.1, -0.05) is 13.3 Å². The molecule has 0 saturated carbocycles. The number of aryl methyl sites for hydroxylation is 1. The van der Waals surface area contributed by atoms with Gasteiger partial charge in [-0.05, 0) is 25.5 Å². The highest BCUT2D eigenvalue weighted by molar-refractivity contribution is 5.48. The number of nitrogen functional groups attached to an aromatic ring is 1. The van der Waals surface area contributed by atoms with Crippen LogP contribution in [-0.2, 0) is 4.74 Å². The van der Waals surface area contributed by atoms with Gasteiger partial charge in [0.1, 0.15) is 5.82 Å². The molecule has 0 radical (unpaired) electrons. The van der Waals surface area contributed by atoms with Crippen LogP contribution in [0.5, 0.6) is 0 Å². The van der Waals surface area contributed by atoms with E-state index >= 15 is 0 Å². The Morgan fingerprint density at radius 3 is 2.88 bits per heavy atom. The Morgan fingerprint density at radius 1 is 1.38 bits per heavy atom. The molecule has 1 aromatic rings. The van der Waals surface area contributed by atoms with Crippen LogP contribution in [0.25, 0.3) is 0 Å². The highest BCUT2D eigenvalue weighted by Crippen LogP contribution is 2.11. The first-order valence-corrected chi connectivity index (χ1v) is 5.78. The summed E-state index contributed by atoms with van der Waals surface area (Å²) in [6, 6.07) is 3.75. The number of nitrogens with one attached hydrogen (secondary N) is 1. The Bertz CT molecular complexity index is 315. The van der Waals surface area contributed by atoms with Gasteiger partial charge >= 0.3 is 0 Å². The van der Waals surface area contributed by atoms with Crippen molar-refractivity contribution in [2.24, 2.45) is 0 Å². The fourth-order valence-electron chi connectivity index (χ4n) is 1.27. The minimum absolute atomic E-state index is 0.713. The lowest BCUT2D eigenvalue weighted by Crippen LogP contribution is -2.11. The number of nitrogens with zero attached hydrogens (tertiary/aromatic N) is 1. The molecule has 4 heteroatoms. The fraction of sp³-hybridized carbons (Fsp3) is 0.583. The summed E-state index contributed by atoms with van der Waals surface area (Å²) in [6.45, 7) is 6.39. The quantitative estimate of drug-likeness (QED) is 0.696. The summed E-state index contributed by atoms with van der Waals surface area (Å²) >= 11 is 0. The van der Waals surface area contributed by atoms with Crippen LogP contribution in [0, 0.1) is 6.92 Å². The van der Waals surface area contributed by atoms with Crippen molar-refractivity contribution in [1.29, 1.82) is 0 Å². The molecule has 1 rings (SSSR count). The van der Waals surface area contributed by atoms with Crippen LogP contribution in [-0.4, -0.2) is 24.7 Å². The Labute approximate surface area is 97.2 Å². The number of aromatic nitrogens is 1. The average Bonchev–Trinajstić information content (AvgIpc) is 2.28. The summed E-state index contributed by atoms with van der Waals surface area (Å²) in [5.41, 5.74) is 7.27. The standard InChI is InChI=1S/C12H21N3O/c1-3-4-8-16-9-7-14-12-6-5-11(13)10(2)15-12/h5-6H,3-4,7-9,13H2,1-2H3,(H,14,15). The molecule has 1 aromatic heterocycles. The Balaban J connectivity index is 2.19. The zero-order chi connectivity index (χ0) is 11.8. The van der Waals surface area contributed by atoms with Gasteiger partial charge in [-0.25, -0.2) is 4.98 Å². The molecule has 3 N–H and O–H groups in total. The normalized spacial score (nSPS) is 10.4. The molecule has 0 fully saturated rings. The molecule has 0 aromatic carbocycles. The van der Waals surface area contributed by atoms with Crippen LogP contribution in [0.2, 0.25) is 0 Å². The predicted octanol–water partition coefficient (Wildman–Crippen LogP) is 2.20. The van der Waals surface area contributed by atoms with E-state index in [0.29, 0.717) is 6.61 Å². The Hall–Kier alpha value is -1.29. The van der Waals surface area contributed by atoms with Gasteiger partial charge in [-0.15, -0.1) is 0 Å². The van der Waals surface area contributed by atoms with Crippen molar-refractivity contribution < 1.29 is 4.74 Å². The summed E-state index contributed by atoms with van der Waals surface area (Å²) in [6.07, 6.45) is 2.30. The monoisotopic (exact) mass is 223 g/mol. The van der Waals surface area contributed by atoms with Gasteiger partial charge in [0.15, 0.2) is 0 Å². The van der Waals surface area contributed by atoms with E-state index in [1.807, 2.05) is 19.1 Å². The van der Waals surface area contributed by atoms with Crippen LogP contribution in [0.15, 0.2) is 12.1 Å². The zero-order valence-corrected chi connectivity index (χ0v) is 10.1. The Morgan fingerprint density at radius 2 is 2.19 bits per heavy atom. The summed E-state index contributed by atoms with van der Waals surface area (Å²) in [5, 5.41) is 3.20. The van der Waals surface area contributed by atoms with Gasteiger partial charge in [-0.3, -0.25) is 0 Å². The van der Waals surface area contributed by atoms with Crippen LogP contribution >= 0.6 is 0 Å². The van der Waals surface area contributed by atoms with E-state index < -0.39 is 0 Å². The molecule has 4 nitrogen and oxygen atoms in total. The topological polar surface area (TPSA) is 60.2 Å². The predicted molar refractivity (Wildman–Crippen MR) is 67.6 cm³/mol. The lowest BCUT2D eigenvalue weighted by molar-refractivity contribution is 0.141. The minimum Gasteiger partial charge on any atom is -0.397 e. The first-order valence-electron chi connectivity index (χ1n) is 5.78. The van der Waals surface area contributed by atoms with E-state index in [2.05, 4.69) is 17.2 Å². The third-order valence-electron chi connectivity index (χ3n) is 2.32. The summed E-state index contributed by atoms with van der Waals surface area (Å²) in [7, 11) is 0. The molecule has 0 bridgehead atoms. The molecule has 0 unspecified atom stereocenters. The van der Waals surface area contributed by atoms with Gasteiger partial charge in [0.25, 0.3) is 0 Å². The van der Waals surface area contributed by atoms with Crippen molar-refractivity contribution in [1.82, 2.24) is 4.98 Å². The molecule has 16 heavy (non-hydrogen) atoms. The number of pyridine rings is 1. The average molecular weight is 223 g/mol. The first-order chi connectivity index (χ1) is 7.74. The lowest BCUT2D eigenvalue weighted by Gasteiger charge is -2.07. The molecular weight excluding hydrogens is 202 g/mol. The zero-order valence-electron chi connectivity index (χ0n) is 10.1. The molecule has 0 amide bonds. The maximum absolute atomic E-state index is 5.68. The number of ether oxygens (including phenoxy) is 1. The molecule has 0 aliphatic rings. The van der Waals surface area contributed by atoms with Crippen LogP contribution in [0.4, 0.5) is 11.5 Å². The van der Waals surface area contributed by atoms with Crippen molar-refractivity contribution in [3.05, 3.63) is 17.8 Å². The maximum Gasteiger partial charge on any atom is 0.126 e. The number of hydrogen-bond donors (Lipinski definition) is 2. The van der Waals surface area contributed by atoms with Gasteiger partial charge in [0.05, 0.1) is 18.0 Å². The first kappa shape index (κ1) is 12.8. The molecule has 0 atom stereocenters. The van der Waals surface area contributed by atoms with E-state index in [0.717, 1.165) is 36.8 Å². The van der Waals surface area contributed by atoms with Crippen molar-refractivity contribution in [2.75, 3.05) is 30.8 Å². The highest BCUT2D eigenvalue weighted by atomic mass is 16.5.